The standard InChI is InChI=1S/C20H14ClFN4/c21-20-25-17-6-3-5-16(13-7-9-14(22)10-8-13)18(17)19(26-20)24-12-15-4-1-2-11-23-15/h1-11H,12H2,(H,24,25,26). The first-order chi connectivity index (χ1) is 12.7. The van der Waals surface area contributed by atoms with Gasteiger partial charge in [-0.15, -0.1) is 0 Å². The van der Waals surface area contributed by atoms with Crippen LogP contribution in [-0.2, 0) is 6.54 Å². The molecule has 2 heterocycles. The first-order valence-electron chi connectivity index (χ1n) is 8.07. The fraction of sp³-hybridized carbons (Fsp3) is 0.0500. The second-order valence-corrected chi connectivity index (χ2v) is 6.06. The number of anilines is 1. The molecular weight excluding hydrogens is 351 g/mol. The molecule has 6 heteroatoms. The first-order valence-corrected chi connectivity index (χ1v) is 8.44. The fourth-order valence-electron chi connectivity index (χ4n) is 2.83. The molecule has 0 spiro atoms. The zero-order chi connectivity index (χ0) is 17.9. The minimum atomic E-state index is -0.276. The number of hydrogen-bond acceptors (Lipinski definition) is 4. The third-order valence-corrected chi connectivity index (χ3v) is 4.18. The van der Waals surface area contributed by atoms with Crippen molar-refractivity contribution in [3.8, 4) is 11.1 Å². The molecule has 0 aliphatic carbocycles. The number of pyridine rings is 1. The molecule has 0 unspecified atom stereocenters. The van der Waals surface area contributed by atoms with E-state index in [1.807, 2.05) is 36.4 Å². The van der Waals surface area contributed by atoms with E-state index in [4.69, 9.17) is 11.6 Å². The second-order valence-electron chi connectivity index (χ2n) is 5.72. The largest absolute Gasteiger partial charge is 0.364 e. The lowest BCUT2D eigenvalue weighted by Crippen LogP contribution is -2.05. The summed E-state index contributed by atoms with van der Waals surface area (Å²) in [6, 6.07) is 17.8. The lowest BCUT2D eigenvalue weighted by molar-refractivity contribution is 0.628. The molecule has 0 saturated carbocycles. The zero-order valence-corrected chi connectivity index (χ0v) is 14.4. The van der Waals surface area contributed by atoms with E-state index >= 15 is 0 Å². The molecule has 2 aromatic heterocycles. The van der Waals surface area contributed by atoms with E-state index in [-0.39, 0.29) is 11.1 Å². The molecule has 4 rings (SSSR count). The molecule has 0 fully saturated rings. The topological polar surface area (TPSA) is 50.7 Å². The summed E-state index contributed by atoms with van der Waals surface area (Å²) in [5.41, 5.74) is 3.39. The van der Waals surface area contributed by atoms with E-state index in [9.17, 15) is 4.39 Å². The van der Waals surface area contributed by atoms with Crippen LogP contribution in [0, 0.1) is 5.82 Å². The summed E-state index contributed by atoms with van der Waals surface area (Å²) in [6.07, 6.45) is 1.74. The normalized spacial score (nSPS) is 10.8. The van der Waals surface area contributed by atoms with Crippen LogP contribution in [0.15, 0.2) is 66.9 Å². The molecule has 0 amide bonds. The average Bonchev–Trinajstić information content (AvgIpc) is 2.67. The monoisotopic (exact) mass is 364 g/mol. The van der Waals surface area contributed by atoms with Crippen molar-refractivity contribution < 1.29 is 4.39 Å². The molecule has 0 aliphatic heterocycles. The maximum atomic E-state index is 13.3. The minimum absolute atomic E-state index is 0.164. The third kappa shape index (κ3) is 3.34. The SMILES string of the molecule is Fc1ccc(-c2cccc3nc(Cl)nc(NCc4ccccn4)c23)cc1. The van der Waals surface area contributed by atoms with Crippen LogP contribution >= 0.6 is 11.6 Å². The Bertz CT molecular complexity index is 1050. The van der Waals surface area contributed by atoms with Crippen LogP contribution < -0.4 is 5.32 Å². The Morgan fingerprint density at radius 2 is 1.77 bits per heavy atom. The van der Waals surface area contributed by atoms with Gasteiger partial charge in [0.25, 0.3) is 0 Å². The number of fused-ring (bicyclic) bond motifs is 1. The van der Waals surface area contributed by atoms with Gasteiger partial charge in [0, 0.05) is 6.20 Å². The lowest BCUT2D eigenvalue weighted by atomic mass is 10.0. The quantitative estimate of drug-likeness (QED) is 0.512. The third-order valence-electron chi connectivity index (χ3n) is 4.01. The second kappa shape index (κ2) is 7.06. The molecule has 0 radical (unpaired) electrons. The predicted molar refractivity (Wildman–Crippen MR) is 102 cm³/mol. The highest BCUT2D eigenvalue weighted by molar-refractivity contribution is 6.29. The molecule has 0 aliphatic rings. The molecule has 4 aromatic rings. The number of hydrogen-bond donors (Lipinski definition) is 1. The van der Waals surface area contributed by atoms with E-state index in [2.05, 4.69) is 20.3 Å². The molecule has 26 heavy (non-hydrogen) atoms. The van der Waals surface area contributed by atoms with Crippen molar-refractivity contribution in [2.75, 3.05) is 5.32 Å². The molecule has 1 N–H and O–H groups in total. The molecule has 0 bridgehead atoms. The summed E-state index contributed by atoms with van der Waals surface area (Å²) < 4.78 is 13.3. The Labute approximate surface area is 154 Å². The summed E-state index contributed by atoms with van der Waals surface area (Å²) >= 11 is 6.10. The first kappa shape index (κ1) is 16.4. The minimum Gasteiger partial charge on any atom is -0.364 e. The van der Waals surface area contributed by atoms with Gasteiger partial charge >= 0.3 is 0 Å². The van der Waals surface area contributed by atoms with Gasteiger partial charge in [0.1, 0.15) is 11.6 Å². The van der Waals surface area contributed by atoms with Crippen molar-refractivity contribution in [3.63, 3.8) is 0 Å². The zero-order valence-electron chi connectivity index (χ0n) is 13.7. The Balaban J connectivity index is 1.82. The molecule has 0 atom stereocenters. The highest BCUT2D eigenvalue weighted by Gasteiger charge is 2.12. The number of halogens is 2. The predicted octanol–water partition coefficient (Wildman–Crippen LogP) is 5.10. The lowest BCUT2D eigenvalue weighted by Gasteiger charge is -2.13. The van der Waals surface area contributed by atoms with Crippen LogP contribution in [0.25, 0.3) is 22.0 Å². The van der Waals surface area contributed by atoms with Gasteiger partial charge < -0.3 is 5.32 Å². The van der Waals surface area contributed by atoms with E-state index in [0.717, 1.165) is 27.7 Å². The van der Waals surface area contributed by atoms with Crippen molar-refractivity contribution in [2.45, 2.75) is 6.54 Å². The summed E-state index contributed by atoms with van der Waals surface area (Å²) in [6.45, 7) is 0.501. The van der Waals surface area contributed by atoms with Crippen molar-refractivity contribution in [1.82, 2.24) is 15.0 Å². The van der Waals surface area contributed by atoms with Crippen molar-refractivity contribution in [3.05, 3.63) is 83.7 Å². The molecular formula is C20H14ClFN4. The van der Waals surface area contributed by atoms with Crippen LogP contribution in [0.5, 0.6) is 0 Å². The smallest absolute Gasteiger partial charge is 0.224 e. The van der Waals surface area contributed by atoms with E-state index in [0.29, 0.717) is 12.4 Å². The average molecular weight is 365 g/mol. The highest BCUT2D eigenvalue weighted by Crippen LogP contribution is 2.33. The van der Waals surface area contributed by atoms with Crippen LogP contribution in [0.3, 0.4) is 0 Å². The molecule has 128 valence electrons. The summed E-state index contributed by atoms with van der Waals surface area (Å²) in [4.78, 5) is 13.0. The highest BCUT2D eigenvalue weighted by atomic mass is 35.5. The Hall–Kier alpha value is -3.05. The van der Waals surface area contributed by atoms with Crippen LogP contribution in [-0.4, -0.2) is 15.0 Å². The number of aromatic nitrogens is 3. The van der Waals surface area contributed by atoms with Crippen molar-refractivity contribution >= 4 is 28.3 Å². The number of rotatable bonds is 4. The number of nitrogens with zero attached hydrogens (tertiary/aromatic N) is 3. The van der Waals surface area contributed by atoms with Gasteiger partial charge in [0.2, 0.25) is 5.28 Å². The Kier molecular flexibility index (Phi) is 4.46. The van der Waals surface area contributed by atoms with Gasteiger partial charge in [-0.05, 0) is 53.1 Å². The van der Waals surface area contributed by atoms with Gasteiger partial charge in [-0.25, -0.2) is 14.4 Å². The number of nitrogens with one attached hydrogen (secondary N) is 1. The maximum absolute atomic E-state index is 13.3. The molecule has 4 nitrogen and oxygen atoms in total. The Morgan fingerprint density at radius 3 is 2.54 bits per heavy atom. The van der Waals surface area contributed by atoms with Gasteiger partial charge in [0.15, 0.2) is 0 Å². The number of benzene rings is 2. The van der Waals surface area contributed by atoms with E-state index in [1.54, 1.807) is 18.3 Å². The van der Waals surface area contributed by atoms with Crippen LogP contribution in [0.2, 0.25) is 5.28 Å². The van der Waals surface area contributed by atoms with E-state index < -0.39 is 0 Å². The summed E-state index contributed by atoms with van der Waals surface area (Å²) in [5.74, 6) is 0.340. The summed E-state index contributed by atoms with van der Waals surface area (Å²) in [5, 5.41) is 4.29. The van der Waals surface area contributed by atoms with Gasteiger partial charge in [-0.2, -0.15) is 0 Å². The van der Waals surface area contributed by atoms with Crippen molar-refractivity contribution in [1.29, 1.82) is 0 Å². The fourth-order valence-corrected chi connectivity index (χ4v) is 3.01. The molecule has 2 aromatic carbocycles. The van der Waals surface area contributed by atoms with Crippen molar-refractivity contribution in [2.24, 2.45) is 0 Å². The Morgan fingerprint density at radius 1 is 0.923 bits per heavy atom. The van der Waals surface area contributed by atoms with Gasteiger partial charge in [0.05, 0.1) is 23.1 Å². The van der Waals surface area contributed by atoms with Gasteiger partial charge in [-0.1, -0.05) is 30.3 Å². The van der Waals surface area contributed by atoms with E-state index in [1.165, 1.54) is 12.1 Å². The summed E-state index contributed by atoms with van der Waals surface area (Å²) in [7, 11) is 0. The molecule has 0 saturated heterocycles. The maximum Gasteiger partial charge on any atom is 0.224 e. The van der Waals surface area contributed by atoms with Gasteiger partial charge in [-0.3, -0.25) is 4.98 Å². The van der Waals surface area contributed by atoms with Crippen LogP contribution in [0.4, 0.5) is 10.2 Å². The van der Waals surface area contributed by atoms with Crippen LogP contribution in [0.1, 0.15) is 5.69 Å².